The zero-order chi connectivity index (χ0) is 20.2. The Kier molecular flexibility index (Phi) is 6.22. The number of piperidine rings is 1. The van der Waals surface area contributed by atoms with Crippen molar-refractivity contribution in [1.82, 2.24) is 14.8 Å². The lowest BCUT2D eigenvalue weighted by Crippen LogP contribution is -2.42. The van der Waals surface area contributed by atoms with Crippen molar-refractivity contribution in [2.24, 2.45) is 5.92 Å². The van der Waals surface area contributed by atoms with Crippen LogP contribution in [-0.2, 0) is 6.42 Å². The van der Waals surface area contributed by atoms with Crippen LogP contribution in [-0.4, -0.2) is 53.9 Å². The summed E-state index contributed by atoms with van der Waals surface area (Å²) in [5, 5.41) is 1.78. The van der Waals surface area contributed by atoms with Gasteiger partial charge in [-0.2, -0.15) is 0 Å². The molecule has 152 valence electrons. The average molecular weight is 410 g/mol. The Bertz CT molecular complexity index is 966. The number of carbonyl (C=O) groups is 1. The number of halogens is 1. The Balaban J connectivity index is 1.32. The average Bonchev–Trinajstić information content (AvgIpc) is 3.17. The molecule has 0 unspecified atom stereocenters. The predicted octanol–water partition coefficient (Wildman–Crippen LogP) is 4.85. The van der Waals surface area contributed by atoms with Gasteiger partial charge in [-0.05, 0) is 55.5 Å². The molecule has 0 aliphatic carbocycles. The highest BCUT2D eigenvalue weighted by Crippen LogP contribution is 2.22. The Morgan fingerprint density at radius 3 is 2.83 bits per heavy atom. The fourth-order valence-corrected chi connectivity index (χ4v) is 4.49. The number of hydrogen-bond donors (Lipinski definition) is 1. The molecule has 1 aliphatic heterocycles. The van der Waals surface area contributed by atoms with E-state index in [2.05, 4.69) is 22.0 Å². The van der Waals surface area contributed by atoms with Crippen molar-refractivity contribution in [2.45, 2.75) is 19.3 Å². The maximum atomic E-state index is 13.0. The van der Waals surface area contributed by atoms with Gasteiger partial charge >= 0.3 is 0 Å². The van der Waals surface area contributed by atoms with Crippen molar-refractivity contribution < 1.29 is 4.79 Å². The van der Waals surface area contributed by atoms with Crippen LogP contribution in [0.4, 0.5) is 0 Å². The van der Waals surface area contributed by atoms with Crippen molar-refractivity contribution in [3.8, 4) is 0 Å². The first-order valence-electron chi connectivity index (χ1n) is 10.4. The van der Waals surface area contributed by atoms with E-state index in [1.54, 1.807) is 0 Å². The molecule has 1 N–H and O–H groups in total. The number of aromatic amines is 1. The fraction of sp³-hybridized carbons (Fsp3) is 0.375. The highest BCUT2D eigenvalue weighted by Gasteiger charge is 2.24. The van der Waals surface area contributed by atoms with Gasteiger partial charge in [-0.1, -0.05) is 41.9 Å². The largest absolute Gasteiger partial charge is 0.360 e. The van der Waals surface area contributed by atoms with E-state index in [1.807, 2.05) is 54.5 Å². The first-order valence-corrected chi connectivity index (χ1v) is 10.8. The number of nitrogens with zero attached hydrogens (tertiary/aromatic N) is 2. The van der Waals surface area contributed by atoms with Crippen LogP contribution < -0.4 is 0 Å². The summed E-state index contributed by atoms with van der Waals surface area (Å²) >= 11 is 5.98. The molecule has 2 aromatic carbocycles. The molecule has 5 heteroatoms. The summed E-state index contributed by atoms with van der Waals surface area (Å²) in [5.41, 5.74) is 3.09. The molecule has 0 bridgehead atoms. The summed E-state index contributed by atoms with van der Waals surface area (Å²) in [6.07, 6.45) is 5.25. The molecule has 1 fully saturated rings. The third-order valence-corrected chi connectivity index (χ3v) is 6.18. The zero-order valence-electron chi connectivity index (χ0n) is 16.9. The Morgan fingerprint density at radius 2 is 2.00 bits per heavy atom. The molecule has 1 atom stereocenters. The van der Waals surface area contributed by atoms with Gasteiger partial charge < -0.3 is 14.8 Å². The van der Waals surface area contributed by atoms with Crippen molar-refractivity contribution in [3.63, 3.8) is 0 Å². The Morgan fingerprint density at radius 1 is 1.21 bits per heavy atom. The van der Waals surface area contributed by atoms with Gasteiger partial charge in [0, 0.05) is 48.8 Å². The third-order valence-electron chi connectivity index (χ3n) is 5.93. The lowest BCUT2D eigenvalue weighted by atomic mass is 9.96. The minimum absolute atomic E-state index is 0.0979. The van der Waals surface area contributed by atoms with E-state index in [1.165, 1.54) is 18.4 Å². The number of fused-ring (bicyclic) bond motifs is 1. The van der Waals surface area contributed by atoms with E-state index < -0.39 is 0 Å². The molecular weight excluding hydrogens is 382 g/mol. The number of nitrogens with one attached hydrogen (secondary N) is 1. The molecule has 3 aromatic rings. The molecular formula is C24H28ClN3O. The van der Waals surface area contributed by atoms with Crippen LogP contribution in [0.5, 0.6) is 0 Å². The van der Waals surface area contributed by atoms with E-state index in [9.17, 15) is 4.79 Å². The van der Waals surface area contributed by atoms with Crippen LogP contribution in [0, 0.1) is 5.92 Å². The van der Waals surface area contributed by atoms with Gasteiger partial charge in [-0.3, -0.25) is 4.79 Å². The molecule has 0 spiro atoms. The molecule has 4 nitrogen and oxygen atoms in total. The van der Waals surface area contributed by atoms with Gasteiger partial charge in [-0.15, -0.1) is 0 Å². The number of para-hydroxylation sites is 1. The molecule has 2 heterocycles. The van der Waals surface area contributed by atoms with Gasteiger partial charge in [0.1, 0.15) is 0 Å². The summed E-state index contributed by atoms with van der Waals surface area (Å²) in [6.45, 7) is 4.05. The van der Waals surface area contributed by atoms with Gasteiger partial charge in [-0.25, -0.2) is 0 Å². The normalized spacial score (nSPS) is 17.5. The van der Waals surface area contributed by atoms with E-state index >= 15 is 0 Å². The van der Waals surface area contributed by atoms with Crippen LogP contribution >= 0.6 is 11.6 Å². The summed E-state index contributed by atoms with van der Waals surface area (Å²) in [7, 11) is 1.93. The van der Waals surface area contributed by atoms with Crippen molar-refractivity contribution in [2.75, 3.05) is 33.2 Å². The number of benzene rings is 2. The number of hydrogen-bond acceptors (Lipinski definition) is 2. The number of carbonyl (C=O) groups excluding carboxylic acids is 1. The van der Waals surface area contributed by atoms with Crippen LogP contribution in [0.15, 0.2) is 54.7 Å². The molecule has 0 saturated carbocycles. The van der Waals surface area contributed by atoms with Gasteiger partial charge in [0.15, 0.2) is 0 Å². The quantitative estimate of drug-likeness (QED) is 0.632. The van der Waals surface area contributed by atoms with Gasteiger partial charge in [0.25, 0.3) is 5.91 Å². The summed E-state index contributed by atoms with van der Waals surface area (Å²) in [6, 6.07) is 16.1. The number of rotatable bonds is 6. The monoisotopic (exact) mass is 409 g/mol. The van der Waals surface area contributed by atoms with E-state index in [4.69, 9.17) is 11.6 Å². The SMILES string of the molecule is CN(C[C@H]1CCCN(CCc2ccc(Cl)cc2)C1)C(=O)c1c[nH]c2ccccc12. The second-order valence-electron chi connectivity index (χ2n) is 8.12. The maximum absolute atomic E-state index is 13.0. The smallest absolute Gasteiger partial charge is 0.255 e. The number of H-pyrrole nitrogens is 1. The number of amides is 1. The minimum atomic E-state index is 0.0979. The maximum Gasteiger partial charge on any atom is 0.255 e. The first-order chi connectivity index (χ1) is 14.1. The van der Waals surface area contributed by atoms with Crippen LogP contribution in [0.25, 0.3) is 10.9 Å². The lowest BCUT2D eigenvalue weighted by Gasteiger charge is -2.34. The highest BCUT2D eigenvalue weighted by molar-refractivity contribution is 6.30. The predicted molar refractivity (Wildman–Crippen MR) is 120 cm³/mol. The van der Waals surface area contributed by atoms with Crippen LogP contribution in [0.1, 0.15) is 28.8 Å². The first kappa shape index (κ1) is 20.0. The fourth-order valence-electron chi connectivity index (χ4n) is 4.37. The van der Waals surface area contributed by atoms with E-state index in [0.29, 0.717) is 5.92 Å². The zero-order valence-corrected chi connectivity index (χ0v) is 17.7. The Hall–Kier alpha value is -2.30. The summed E-state index contributed by atoms with van der Waals surface area (Å²) in [4.78, 5) is 20.6. The Labute approximate surface area is 177 Å². The molecule has 1 saturated heterocycles. The van der Waals surface area contributed by atoms with Gasteiger partial charge in [0.05, 0.1) is 5.56 Å². The molecule has 4 rings (SSSR count). The summed E-state index contributed by atoms with van der Waals surface area (Å²) in [5.74, 6) is 0.619. The minimum Gasteiger partial charge on any atom is -0.360 e. The van der Waals surface area contributed by atoms with Crippen molar-refractivity contribution >= 4 is 28.4 Å². The van der Waals surface area contributed by atoms with Crippen molar-refractivity contribution in [1.29, 1.82) is 0 Å². The van der Waals surface area contributed by atoms with Gasteiger partial charge in [0.2, 0.25) is 0 Å². The molecule has 29 heavy (non-hydrogen) atoms. The topological polar surface area (TPSA) is 39.3 Å². The second kappa shape index (κ2) is 9.02. The van der Waals surface area contributed by atoms with E-state index in [-0.39, 0.29) is 5.91 Å². The third kappa shape index (κ3) is 4.82. The summed E-state index contributed by atoms with van der Waals surface area (Å²) < 4.78 is 0. The highest BCUT2D eigenvalue weighted by atomic mass is 35.5. The number of aromatic nitrogens is 1. The van der Waals surface area contributed by atoms with Crippen LogP contribution in [0.3, 0.4) is 0 Å². The molecule has 0 radical (unpaired) electrons. The van der Waals surface area contributed by atoms with E-state index in [0.717, 1.165) is 54.1 Å². The van der Waals surface area contributed by atoms with Crippen molar-refractivity contribution in [3.05, 3.63) is 70.9 Å². The lowest BCUT2D eigenvalue weighted by molar-refractivity contribution is 0.0732. The molecule has 1 amide bonds. The standard InChI is InChI=1S/C24H28ClN3O/c1-27(24(29)22-15-26-23-7-3-2-6-21(22)23)16-19-5-4-13-28(17-19)14-12-18-8-10-20(25)11-9-18/h2-3,6-11,15,19,26H,4-5,12-14,16-17H2,1H3/t19-/m1/s1. The molecule has 1 aliphatic rings. The molecule has 1 aromatic heterocycles. The number of likely N-dealkylation sites (tertiary alicyclic amines) is 1. The second-order valence-corrected chi connectivity index (χ2v) is 8.56. The van der Waals surface area contributed by atoms with Crippen LogP contribution in [0.2, 0.25) is 5.02 Å².